The van der Waals surface area contributed by atoms with E-state index >= 15 is 0 Å². The average molecular weight is 420 g/mol. The fraction of sp³-hybridized carbons (Fsp3) is 0.130. The van der Waals surface area contributed by atoms with Gasteiger partial charge in [-0.1, -0.05) is 30.3 Å². The number of methoxy groups -OCH3 is 1. The van der Waals surface area contributed by atoms with Gasteiger partial charge in [0.1, 0.15) is 34.3 Å². The summed E-state index contributed by atoms with van der Waals surface area (Å²) in [6.45, 7) is 0.121. The van der Waals surface area contributed by atoms with Crippen LogP contribution in [0.5, 0.6) is 23.0 Å². The topological polar surface area (TPSA) is 104 Å². The van der Waals surface area contributed by atoms with Gasteiger partial charge >= 0.3 is 5.97 Å². The van der Waals surface area contributed by atoms with Crippen LogP contribution in [0.4, 0.5) is 0 Å². The highest BCUT2D eigenvalue weighted by Gasteiger charge is 2.27. The van der Waals surface area contributed by atoms with Gasteiger partial charge in [-0.15, -0.1) is 0 Å². The zero-order valence-electron chi connectivity index (χ0n) is 16.3. The van der Waals surface area contributed by atoms with Crippen molar-refractivity contribution in [2.75, 3.05) is 13.9 Å². The molecule has 0 unspecified atom stereocenters. The molecule has 0 saturated heterocycles. The molecule has 31 heavy (non-hydrogen) atoms. The largest absolute Gasteiger partial charge is 0.492 e. The van der Waals surface area contributed by atoms with Crippen molar-refractivity contribution in [3.8, 4) is 23.0 Å². The van der Waals surface area contributed by atoms with Crippen molar-refractivity contribution in [1.29, 1.82) is 0 Å². The van der Waals surface area contributed by atoms with Crippen molar-refractivity contribution in [3.05, 3.63) is 69.9 Å². The van der Waals surface area contributed by atoms with Crippen LogP contribution in [0.1, 0.15) is 15.9 Å². The van der Waals surface area contributed by atoms with Gasteiger partial charge in [0.15, 0.2) is 22.8 Å². The Morgan fingerprint density at radius 2 is 1.90 bits per heavy atom. The van der Waals surface area contributed by atoms with Crippen molar-refractivity contribution in [2.45, 2.75) is 6.61 Å². The molecule has 5 rings (SSSR count). The molecule has 2 heterocycles. The minimum Gasteiger partial charge on any atom is -0.492 e. The van der Waals surface area contributed by atoms with E-state index in [2.05, 4.69) is 0 Å². The van der Waals surface area contributed by atoms with Crippen LogP contribution in [0, 0.1) is 0 Å². The Morgan fingerprint density at radius 1 is 1.10 bits per heavy atom. The molecule has 4 aromatic rings. The van der Waals surface area contributed by atoms with Crippen LogP contribution in [0.3, 0.4) is 0 Å². The van der Waals surface area contributed by atoms with Crippen molar-refractivity contribution in [1.82, 2.24) is 0 Å². The molecule has 3 aromatic carbocycles. The molecule has 0 fully saturated rings. The Hall–Kier alpha value is -4.20. The van der Waals surface area contributed by atoms with E-state index < -0.39 is 11.4 Å². The van der Waals surface area contributed by atoms with E-state index in [9.17, 15) is 14.7 Å². The number of fused-ring (bicyclic) bond motifs is 4. The smallest absolute Gasteiger partial charge is 0.339 e. The number of ether oxygens (including phenoxy) is 4. The quantitative estimate of drug-likeness (QED) is 0.484. The minimum absolute atomic E-state index is 0.00936. The number of hydrogen-bond donors (Lipinski definition) is 1. The summed E-state index contributed by atoms with van der Waals surface area (Å²) in [4.78, 5) is 25.4. The van der Waals surface area contributed by atoms with E-state index in [1.165, 1.54) is 13.2 Å². The molecule has 0 bridgehead atoms. The Kier molecular flexibility index (Phi) is 4.39. The first-order valence-electron chi connectivity index (χ1n) is 9.38. The lowest BCUT2D eigenvalue weighted by Crippen LogP contribution is -2.10. The van der Waals surface area contributed by atoms with Gasteiger partial charge in [0, 0.05) is 0 Å². The summed E-state index contributed by atoms with van der Waals surface area (Å²) in [5.41, 5.74) is 0.447. The summed E-state index contributed by atoms with van der Waals surface area (Å²) >= 11 is 0. The van der Waals surface area contributed by atoms with E-state index in [1.807, 2.05) is 30.3 Å². The zero-order valence-corrected chi connectivity index (χ0v) is 16.3. The molecule has 0 radical (unpaired) electrons. The first-order valence-corrected chi connectivity index (χ1v) is 9.38. The lowest BCUT2D eigenvalue weighted by molar-refractivity contribution is 0.0692. The highest BCUT2D eigenvalue weighted by molar-refractivity contribution is 6.04. The zero-order chi connectivity index (χ0) is 21.5. The first kappa shape index (κ1) is 18.8. The Labute approximate surface area is 175 Å². The third kappa shape index (κ3) is 3.00. The SMILES string of the molecule is COc1c(C(=O)O)cc(OCc2ccccc2)c2c(=O)c3c4c(ccc3oc12)OCO4. The highest BCUT2D eigenvalue weighted by atomic mass is 16.7. The Bertz CT molecular complexity index is 1390. The molecule has 8 heteroatoms. The average Bonchev–Trinajstić information content (AvgIpc) is 3.26. The molecule has 1 aliphatic heterocycles. The van der Waals surface area contributed by atoms with Gasteiger partial charge in [0.05, 0.1) is 7.11 Å². The van der Waals surface area contributed by atoms with Gasteiger partial charge in [-0.3, -0.25) is 4.79 Å². The summed E-state index contributed by atoms with van der Waals surface area (Å²) in [5, 5.41) is 9.94. The van der Waals surface area contributed by atoms with Crippen molar-refractivity contribution < 1.29 is 33.3 Å². The van der Waals surface area contributed by atoms with E-state index in [4.69, 9.17) is 23.4 Å². The van der Waals surface area contributed by atoms with Crippen LogP contribution in [0.25, 0.3) is 21.9 Å². The van der Waals surface area contributed by atoms with Gasteiger partial charge in [-0.05, 0) is 23.8 Å². The fourth-order valence-corrected chi connectivity index (χ4v) is 3.63. The summed E-state index contributed by atoms with van der Waals surface area (Å²) in [6.07, 6.45) is 0. The molecule has 156 valence electrons. The molecular weight excluding hydrogens is 404 g/mol. The van der Waals surface area contributed by atoms with Crippen molar-refractivity contribution in [2.24, 2.45) is 0 Å². The predicted octanol–water partition coefficient (Wildman–Crippen LogP) is 3.96. The molecule has 1 aliphatic rings. The van der Waals surface area contributed by atoms with Crippen molar-refractivity contribution in [3.63, 3.8) is 0 Å². The normalized spacial score (nSPS) is 12.3. The lowest BCUT2D eigenvalue weighted by atomic mass is 10.1. The number of carbonyl (C=O) groups is 1. The molecule has 1 aromatic heterocycles. The number of rotatable bonds is 5. The van der Waals surface area contributed by atoms with Gasteiger partial charge in [-0.2, -0.15) is 0 Å². The maximum Gasteiger partial charge on any atom is 0.339 e. The molecule has 1 N–H and O–H groups in total. The Morgan fingerprint density at radius 3 is 2.65 bits per heavy atom. The third-order valence-corrected chi connectivity index (χ3v) is 5.04. The molecule has 0 amide bonds. The second-order valence-corrected chi connectivity index (χ2v) is 6.84. The maximum absolute atomic E-state index is 13.6. The predicted molar refractivity (Wildman–Crippen MR) is 110 cm³/mol. The van der Waals surface area contributed by atoms with Gasteiger partial charge < -0.3 is 28.5 Å². The molecule has 0 spiro atoms. The fourth-order valence-electron chi connectivity index (χ4n) is 3.63. The second-order valence-electron chi connectivity index (χ2n) is 6.84. The molecular formula is C23H16O8. The van der Waals surface area contributed by atoms with E-state index in [0.717, 1.165) is 5.56 Å². The second kappa shape index (κ2) is 7.24. The molecule has 0 aliphatic carbocycles. The van der Waals surface area contributed by atoms with Crippen LogP contribution < -0.4 is 24.4 Å². The standard InChI is InChI=1S/C23H16O8/c1-27-20-13(23(25)26)9-16(28-10-12-5-3-2-4-6-12)18-19(24)17-14(31-22(18)20)7-8-15-21(17)30-11-29-15/h2-9H,10-11H2,1H3,(H,25,26). The van der Waals surface area contributed by atoms with Gasteiger partial charge in [-0.25, -0.2) is 4.79 Å². The van der Waals surface area contributed by atoms with Crippen LogP contribution >= 0.6 is 0 Å². The lowest BCUT2D eigenvalue weighted by Gasteiger charge is -2.14. The minimum atomic E-state index is -1.24. The van der Waals surface area contributed by atoms with Gasteiger partial charge in [0.25, 0.3) is 0 Å². The van der Waals surface area contributed by atoms with Crippen molar-refractivity contribution >= 4 is 27.9 Å². The number of carboxylic acids is 1. The Balaban J connectivity index is 1.81. The number of hydrogen-bond acceptors (Lipinski definition) is 7. The summed E-state index contributed by atoms with van der Waals surface area (Å²) in [5.74, 6) is -0.518. The number of benzene rings is 3. The first-order chi connectivity index (χ1) is 15.1. The van der Waals surface area contributed by atoms with Crippen LogP contribution in [-0.2, 0) is 6.61 Å². The third-order valence-electron chi connectivity index (χ3n) is 5.04. The highest BCUT2D eigenvalue weighted by Crippen LogP contribution is 2.42. The maximum atomic E-state index is 13.6. The van der Waals surface area contributed by atoms with Crippen LogP contribution in [0.2, 0.25) is 0 Å². The number of aromatic carboxylic acids is 1. The van der Waals surface area contributed by atoms with E-state index in [-0.39, 0.29) is 58.2 Å². The monoisotopic (exact) mass is 420 g/mol. The summed E-state index contributed by atoms with van der Waals surface area (Å²) in [6, 6.07) is 13.8. The van der Waals surface area contributed by atoms with Crippen LogP contribution in [-0.4, -0.2) is 25.0 Å². The summed E-state index contributed by atoms with van der Waals surface area (Å²) in [7, 11) is 1.32. The van der Waals surface area contributed by atoms with Crippen LogP contribution in [0.15, 0.2) is 57.7 Å². The van der Waals surface area contributed by atoms with Gasteiger partial charge in [0.2, 0.25) is 12.2 Å². The van der Waals surface area contributed by atoms with E-state index in [1.54, 1.807) is 12.1 Å². The summed E-state index contributed by atoms with van der Waals surface area (Å²) < 4.78 is 28.0. The van der Waals surface area contributed by atoms with E-state index in [0.29, 0.717) is 5.75 Å². The molecule has 0 atom stereocenters. The molecule has 0 saturated carbocycles. The number of carboxylic acid groups (broad SMARTS) is 1. The molecule has 8 nitrogen and oxygen atoms in total.